The van der Waals surface area contributed by atoms with E-state index in [1.807, 2.05) is 32.0 Å². The number of likely N-dealkylation sites (N-methyl/N-ethyl adjacent to an activating group) is 1. The Balaban J connectivity index is 1.79. The van der Waals surface area contributed by atoms with Crippen molar-refractivity contribution in [1.82, 2.24) is 9.78 Å². The number of hydrogen-bond acceptors (Lipinski definition) is 3. The van der Waals surface area contributed by atoms with Crippen molar-refractivity contribution in [2.75, 3.05) is 16.8 Å². The second-order valence-corrected chi connectivity index (χ2v) is 7.45. The van der Waals surface area contributed by atoms with E-state index in [2.05, 4.69) is 10.4 Å². The first-order valence-electron chi connectivity index (χ1n) is 9.53. The number of amides is 2. The molecule has 1 aromatic heterocycles. The molecule has 1 atom stereocenters. The van der Waals surface area contributed by atoms with Crippen LogP contribution in [0.5, 0.6) is 0 Å². The summed E-state index contributed by atoms with van der Waals surface area (Å²) in [4.78, 5) is 28.2. The summed E-state index contributed by atoms with van der Waals surface area (Å²) < 4.78 is 15.3. The van der Waals surface area contributed by atoms with Crippen LogP contribution in [0.4, 0.5) is 15.9 Å². The highest BCUT2D eigenvalue weighted by Gasteiger charge is 2.57. The molecule has 0 bridgehead atoms. The fourth-order valence-electron chi connectivity index (χ4n) is 4.64. The maximum Gasteiger partial charge on any atom is 0.242 e. The molecule has 1 spiro atoms. The zero-order chi connectivity index (χ0) is 20.3. The number of fused-ring (bicyclic) bond motifs is 4. The average Bonchev–Trinajstić information content (AvgIpc) is 3.21. The normalized spacial score (nSPS) is 20.0. The van der Waals surface area contributed by atoms with Crippen LogP contribution in [0.2, 0.25) is 0 Å². The molecule has 0 saturated heterocycles. The molecule has 5 rings (SSSR count). The molecule has 1 N–H and O–H groups in total. The maximum atomic E-state index is 13.8. The lowest BCUT2D eigenvalue weighted by Gasteiger charge is -2.32. The van der Waals surface area contributed by atoms with Gasteiger partial charge in [0.2, 0.25) is 11.8 Å². The number of nitrogens with zero attached hydrogens (tertiary/aromatic N) is 3. The van der Waals surface area contributed by atoms with Crippen LogP contribution in [0.3, 0.4) is 0 Å². The fraction of sp³-hybridized carbons (Fsp3) is 0.227. The Morgan fingerprint density at radius 2 is 1.97 bits per heavy atom. The number of nitrogens with one attached hydrogen (secondary N) is 1. The van der Waals surface area contributed by atoms with Gasteiger partial charge in [0.05, 0.1) is 17.6 Å². The van der Waals surface area contributed by atoms with Gasteiger partial charge in [-0.15, -0.1) is 0 Å². The van der Waals surface area contributed by atoms with Gasteiger partial charge in [-0.1, -0.05) is 24.3 Å². The quantitative estimate of drug-likeness (QED) is 0.730. The lowest BCUT2D eigenvalue weighted by Crippen LogP contribution is -2.46. The number of para-hydroxylation sites is 1. The lowest BCUT2D eigenvalue weighted by molar-refractivity contribution is -0.126. The topological polar surface area (TPSA) is 67.2 Å². The maximum absolute atomic E-state index is 13.8. The van der Waals surface area contributed by atoms with Crippen LogP contribution in [0.1, 0.15) is 30.0 Å². The Kier molecular flexibility index (Phi) is 3.65. The van der Waals surface area contributed by atoms with E-state index in [1.54, 1.807) is 23.2 Å². The standard InChI is InChI=1S/C22H19FN4O2/c1-3-26-19-13(2)6-4-9-16(19)22(21(26)29)11-18(28)25-20-17(22)12-24-27(20)15-8-5-7-14(23)10-15/h4-10,12H,3,11H2,1-2H3,(H,25,28). The summed E-state index contributed by atoms with van der Waals surface area (Å²) in [5.41, 5.74) is 2.65. The fourth-order valence-corrected chi connectivity index (χ4v) is 4.64. The number of halogens is 1. The SMILES string of the molecule is CCN1C(=O)C2(CC(=O)Nc3c2cnn3-c2cccc(F)c2)c2cccc(C)c21. The van der Waals surface area contributed by atoms with Gasteiger partial charge in [0.1, 0.15) is 17.1 Å². The molecule has 7 heteroatoms. The molecular weight excluding hydrogens is 371 g/mol. The van der Waals surface area contributed by atoms with E-state index in [1.165, 1.54) is 16.8 Å². The third-order valence-corrected chi connectivity index (χ3v) is 5.86. The third kappa shape index (κ3) is 2.24. The molecule has 2 aliphatic rings. The van der Waals surface area contributed by atoms with Crippen molar-refractivity contribution in [3.8, 4) is 5.69 Å². The minimum Gasteiger partial charge on any atom is -0.311 e. The van der Waals surface area contributed by atoms with Crippen LogP contribution in [-0.2, 0) is 15.0 Å². The van der Waals surface area contributed by atoms with Gasteiger partial charge in [0.15, 0.2) is 0 Å². The van der Waals surface area contributed by atoms with E-state index < -0.39 is 11.2 Å². The highest BCUT2D eigenvalue weighted by atomic mass is 19.1. The van der Waals surface area contributed by atoms with E-state index in [0.29, 0.717) is 23.6 Å². The number of rotatable bonds is 2. The van der Waals surface area contributed by atoms with Crippen molar-refractivity contribution in [2.24, 2.45) is 0 Å². The summed E-state index contributed by atoms with van der Waals surface area (Å²) in [5.74, 6) is -0.391. The Bertz CT molecular complexity index is 1190. The Morgan fingerprint density at radius 1 is 1.17 bits per heavy atom. The number of carbonyl (C=O) groups is 2. The van der Waals surface area contributed by atoms with Crippen LogP contribution in [0, 0.1) is 12.7 Å². The van der Waals surface area contributed by atoms with Crippen LogP contribution in [0.15, 0.2) is 48.7 Å². The predicted molar refractivity (Wildman–Crippen MR) is 107 cm³/mol. The largest absolute Gasteiger partial charge is 0.311 e. The summed E-state index contributed by atoms with van der Waals surface area (Å²) in [7, 11) is 0. The number of anilines is 2. The Morgan fingerprint density at radius 3 is 2.72 bits per heavy atom. The molecule has 0 fully saturated rings. The monoisotopic (exact) mass is 390 g/mol. The van der Waals surface area contributed by atoms with Gasteiger partial charge in [0.25, 0.3) is 0 Å². The van der Waals surface area contributed by atoms with Gasteiger partial charge >= 0.3 is 0 Å². The summed E-state index contributed by atoms with van der Waals surface area (Å²) in [6.07, 6.45) is 1.63. The molecule has 0 aliphatic carbocycles. The Labute approximate surface area is 166 Å². The van der Waals surface area contributed by atoms with Crippen LogP contribution >= 0.6 is 0 Å². The second-order valence-electron chi connectivity index (χ2n) is 7.45. The molecule has 0 saturated carbocycles. The third-order valence-electron chi connectivity index (χ3n) is 5.86. The van der Waals surface area contributed by atoms with E-state index in [-0.39, 0.29) is 18.2 Å². The van der Waals surface area contributed by atoms with E-state index in [4.69, 9.17) is 0 Å². The number of carbonyl (C=O) groups excluding carboxylic acids is 2. The number of benzene rings is 2. The van der Waals surface area contributed by atoms with Crippen LogP contribution < -0.4 is 10.2 Å². The Hall–Kier alpha value is -3.48. The first-order valence-corrected chi connectivity index (χ1v) is 9.53. The molecule has 2 amide bonds. The predicted octanol–water partition coefficient (Wildman–Crippen LogP) is 3.31. The van der Waals surface area contributed by atoms with Gasteiger partial charge in [-0.05, 0) is 43.2 Å². The first-order chi connectivity index (χ1) is 14.0. The van der Waals surface area contributed by atoms with Gasteiger partial charge in [-0.2, -0.15) is 5.10 Å². The smallest absolute Gasteiger partial charge is 0.242 e. The summed E-state index contributed by atoms with van der Waals surface area (Å²) >= 11 is 0. The van der Waals surface area contributed by atoms with Crippen molar-refractivity contribution >= 4 is 23.3 Å². The molecule has 3 aromatic rings. The number of hydrogen-bond donors (Lipinski definition) is 1. The minimum absolute atomic E-state index is 0.0145. The molecule has 1 unspecified atom stereocenters. The average molecular weight is 390 g/mol. The van der Waals surface area contributed by atoms with Crippen molar-refractivity contribution in [3.63, 3.8) is 0 Å². The lowest BCUT2D eigenvalue weighted by atomic mass is 9.71. The van der Waals surface area contributed by atoms with Crippen LogP contribution in [-0.4, -0.2) is 28.1 Å². The minimum atomic E-state index is -1.12. The van der Waals surface area contributed by atoms with E-state index in [0.717, 1.165) is 16.8 Å². The van der Waals surface area contributed by atoms with Crippen molar-refractivity contribution in [2.45, 2.75) is 25.7 Å². The van der Waals surface area contributed by atoms with Crippen molar-refractivity contribution in [3.05, 3.63) is 71.2 Å². The summed E-state index contributed by atoms with van der Waals surface area (Å²) in [5, 5.41) is 7.25. The van der Waals surface area contributed by atoms with Crippen LogP contribution in [0.25, 0.3) is 5.69 Å². The molecule has 2 aliphatic heterocycles. The molecule has 3 heterocycles. The van der Waals surface area contributed by atoms with E-state index in [9.17, 15) is 14.0 Å². The molecule has 146 valence electrons. The second kappa shape index (κ2) is 6.01. The van der Waals surface area contributed by atoms with Gasteiger partial charge in [-0.3, -0.25) is 9.59 Å². The number of aryl methyl sites for hydroxylation is 1. The first kappa shape index (κ1) is 17.6. The molecule has 6 nitrogen and oxygen atoms in total. The zero-order valence-corrected chi connectivity index (χ0v) is 16.1. The molecule has 0 radical (unpaired) electrons. The van der Waals surface area contributed by atoms with Gasteiger partial charge in [-0.25, -0.2) is 9.07 Å². The van der Waals surface area contributed by atoms with Gasteiger partial charge < -0.3 is 10.2 Å². The summed E-state index contributed by atoms with van der Waals surface area (Å²) in [6, 6.07) is 11.8. The van der Waals surface area contributed by atoms with Crippen molar-refractivity contribution < 1.29 is 14.0 Å². The highest BCUT2D eigenvalue weighted by Crippen LogP contribution is 2.53. The van der Waals surface area contributed by atoms with E-state index >= 15 is 0 Å². The summed E-state index contributed by atoms with van der Waals surface area (Å²) in [6.45, 7) is 4.40. The molecule has 2 aromatic carbocycles. The van der Waals surface area contributed by atoms with Crippen molar-refractivity contribution in [1.29, 1.82) is 0 Å². The molecular formula is C22H19FN4O2. The highest BCUT2D eigenvalue weighted by molar-refractivity contribution is 6.16. The van der Waals surface area contributed by atoms with Gasteiger partial charge in [0, 0.05) is 18.5 Å². The number of aromatic nitrogens is 2. The zero-order valence-electron chi connectivity index (χ0n) is 16.1. The molecule has 29 heavy (non-hydrogen) atoms.